The standard InChI is InChI=1S/C25H36N4O2S2/c30-24(11-5-12-27-25(32)28-19-23-10-6-17-33-23)26-13-7-16-31-22-9-4-8-21(18-22)20-29-14-2-1-3-15-29/h4,6,8-10,17-18H,1-3,5,7,11-16,19-20H2,(H,26,30)(H2,27,28,32). The van der Waals surface area contributed by atoms with Gasteiger partial charge in [0.15, 0.2) is 5.11 Å². The molecule has 1 aromatic carbocycles. The molecule has 1 fully saturated rings. The highest BCUT2D eigenvalue weighted by atomic mass is 32.1. The van der Waals surface area contributed by atoms with E-state index in [0.29, 0.717) is 31.2 Å². The predicted molar refractivity (Wildman–Crippen MR) is 140 cm³/mol. The van der Waals surface area contributed by atoms with Crippen LogP contribution < -0.4 is 20.7 Å². The van der Waals surface area contributed by atoms with Gasteiger partial charge in [0, 0.05) is 30.9 Å². The first-order valence-corrected chi connectivity index (χ1v) is 13.2. The first kappa shape index (κ1) is 25.5. The summed E-state index contributed by atoms with van der Waals surface area (Å²) in [5.41, 5.74) is 1.30. The van der Waals surface area contributed by atoms with Crippen molar-refractivity contribution in [2.75, 3.05) is 32.8 Å². The quantitative estimate of drug-likeness (QED) is 0.292. The molecule has 0 unspecified atom stereocenters. The lowest BCUT2D eigenvalue weighted by Crippen LogP contribution is -2.35. The summed E-state index contributed by atoms with van der Waals surface area (Å²) >= 11 is 6.96. The van der Waals surface area contributed by atoms with Crippen molar-refractivity contribution in [3.8, 4) is 5.75 Å². The third-order valence-corrected chi connectivity index (χ3v) is 6.70. The number of likely N-dealkylation sites (tertiary alicyclic amines) is 1. The number of rotatable bonds is 13. The van der Waals surface area contributed by atoms with Gasteiger partial charge in [-0.2, -0.15) is 0 Å². The van der Waals surface area contributed by atoms with E-state index < -0.39 is 0 Å². The van der Waals surface area contributed by atoms with Gasteiger partial charge < -0.3 is 20.7 Å². The second-order valence-corrected chi connectivity index (χ2v) is 9.77. The maximum atomic E-state index is 12.0. The Labute approximate surface area is 207 Å². The molecule has 1 aromatic heterocycles. The molecule has 0 radical (unpaired) electrons. The minimum atomic E-state index is 0.0674. The fraction of sp³-hybridized carbons (Fsp3) is 0.520. The van der Waals surface area contributed by atoms with Crippen LogP contribution in [0.3, 0.4) is 0 Å². The van der Waals surface area contributed by atoms with Crippen molar-refractivity contribution < 1.29 is 9.53 Å². The van der Waals surface area contributed by atoms with Crippen LogP contribution in [0.2, 0.25) is 0 Å². The third kappa shape index (κ3) is 10.5. The number of nitrogens with zero attached hydrogens (tertiary/aromatic N) is 1. The molecule has 2 heterocycles. The van der Waals surface area contributed by atoms with E-state index in [4.69, 9.17) is 17.0 Å². The van der Waals surface area contributed by atoms with Gasteiger partial charge in [0.05, 0.1) is 13.2 Å². The third-order valence-electron chi connectivity index (χ3n) is 5.53. The number of piperidine rings is 1. The van der Waals surface area contributed by atoms with Crippen LogP contribution in [0.4, 0.5) is 0 Å². The Morgan fingerprint density at radius 1 is 1.03 bits per heavy atom. The number of thiophene rings is 1. The molecule has 6 nitrogen and oxygen atoms in total. The molecule has 0 aliphatic carbocycles. The number of ether oxygens (including phenoxy) is 1. The monoisotopic (exact) mass is 488 g/mol. The van der Waals surface area contributed by atoms with Gasteiger partial charge in [0.1, 0.15) is 5.75 Å². The van der Waals surface area contributed by atoms with E-state index in [1.807, 2.05) is 17.5 Å². The van der Waals surface area contributed by atoms with Gasteiger partial charge in [-0.3, -0.25) is 9.69 Å². The Kier molecular flexibility index (Phi) is 11.5. The first-order valence-electron chi connectivity index (χ1n) is 11.9. The van der Waals surface area contributed by atoms with Gasteiger partial charge in [0.25, 0.3) is 0 Å². The number of benzene rings is 1. The largest absolute Gasteiger partial charge is 0.494 e. The molecule has 3 N–H and O–H groups in total. The molecule has 8 heteroatoms. The van der Waals surface area contributed by atoms with Crippen molar-refractivity contribution in [1.82, 2.24) is 20.9 Å². The van der Waals surface area contributed by atoms with Crippen LogP contribution in [0.15, 0.2) is 41.8 Å². The van der Waals surface area contributed by atoms with E-state index in [1.165, 1.54) is 42.8 Å². The molecule has 33 heavy (non-hydrogen) atoms. The fourth-order valence-electron chi connectivity index (χ4n) is 3.78. The average Bonchev–Trinajstić information content (AvgIpc) is 3.35. The lowest BCUT2D eigenvalue weighted by Gasteiger charge is -2.26. The fourth-order valence-corrected chi connectivity index (χ4v) is 4.60. The van der Waals surface area contributed by atoms with Gasteiger partial charge in [-0.1, -0.05) is 24.6 Å². The Morgan fingerprint density at radius 2 is 1.88 bits per heavy atom. The lowest BCUT2D eigenvalue weighted by atomic mass is 10.1. The first-order chi connectivity index (χ1) is 16.2. The summed E-state index contributed by atoms with van der Waals surface area (Å²) in [6.45, 7) is 6.02. The van der Waals surface area contributed by atoms with Crippen molar-refractivity contribution >= 4 is 34.6 Å². The highest BCUT2D eigenvalue weighted by Gasteiger charge is 2.10. The number of nitrogens with one attached hydrogen (secondary N) is 3. The topological polar surface area (TPSA) is 65.6 Å². The molecular formula is C25H36N4O2S2. The van der Waals surface area contributed by atoms with Crippen LogP contribution in [0.5, 0.6) is 5.75 Å². The summed E-state index contributed by atoms with van der Waals surface area (Å²) in [5, 5.41) is 12.0. The van der Waals surface area contributed by atoms with Crippen molar-refractivity contribution in [2.45, 2.75) is 51.6 Å². The zero-order valence-electron chi connectivity index (χ0n) is 19.3. The lowest BCUT2D eigenvalue weighted by molar-refractivity contribution is -0.121. The van der Waals surface area contributed by atoms with E-state index in [-0.39, 0.29) is 5.91 Å². The number of amides is 1. The maximum Gasteiger partial charge on any atom is 0.220 e. The minimum absolute atomic E-state index is 0.0674. The van der Waals surface area contributed by atoms with E-state index in [9.17, 15) is 4.79 Å². The molecule has 1 amide bonds. The second-order valence-electron chi connectivity index (χ2n) is 8.33. The van der Waals surface area contributed by atoms with Crippen molar-refractivity contribution in [3.05, 3.63) is 52.2 Å². The van der Waals surface area contributed by atoms with Crippen LogP contribution in [-0.2, 0) is 17.9 Å². The summed E-state index contributed by atoms with van der Waals surface area (Å²) in [6.07, 6.45) is 5.98. The molecule has 0 saturated carbocycles. The molecule has 1 aliphatic rings. The molecule has 2 aromatic rings. The summed E-state index contributed by atoms with van der Waals surface area (Å²) in [5.74, 6) is 0.975. The van der Waals surface area contributed by atoms with Crippen LogP contribution in [0, 0.1) is 0 Å². The molecule has 180 valence electrons. The molecular weight excluding hydrogens is 452 g/mol. The Bertz CT molecular complexity index is 839. The highest BCUT2D eigenvalue weighted by Crippen LogP contribution is 2.17. The van der Waals surface area contributed by atoms with Gasteiger partial charge >= 0.3 is 0 Å². The van der Waals surface area contributed by atoms with Crippen LogP contribution in [-0.4, -0.2) is 48.7 Å². The Morgan fingerprint density at radius 3 is 2.70 bits per heavy atom. The number of thiocarbonyl (C=S) groups is 1. The molecule has 1 aliphatic heterocycles. The molecule has 1 saturated heterocycles. The van der Waals surface area contributed by atoms with Crippen LogP contribution in [0.1, 0.15) is 49.0 Å². The average molecular weight is 489 g/mol. The zero-order valence-corrected chi connectivity index (χ0v) is 20.9. The van der Waals surface area contributed by atoms with Gasteiger partial charge in [0.2, 0.25) is 5.91 Å². The van der Waals surface area contributed by atoms with E-state index >= 15 is 0 Å². The van der Waals surface area contributed by atoms with E-state index in [0.717, 1.165) is 31.7 Å². The number of carbonyl (C=O) groups is 1. The molecule has 0 atom stereocenters. The van der Waals surface area contributed by atoms with Gasteiger partial charge in [-0.05, 0) is 80.1 Å². The number of carbonyl (C=O) groups excluding carboxylic acids is 1. The molecule has 0 spiro atoms. The van der Waals surface area contributed by atoms with E-state index in [1.54, 1.807) is 11.3 Å². The summed E-state index contributed by atoms with van der Waals surface area (Å²) < 4.78 is 5.89. The minimum Gasteiger partial charge on any atom is -0.494 e. The van der Waals surface area contributed by atoms with Gasteiger partial charge in [-0.25, -0.2) is 0 Å². The number of hydrogen-bond acceptors (Lipinski definition) is 5. The molecule has 3 rings (SSSR count). The van der Waals surface area contributed by atoms with E-state index in [2.05, 4.69) is 45.1 Å². The second kappa shape index (κ2) is 14.9. The zero-order chi connectivity index (χ0) is 23.1. The Hall–Kier alpha value is -2.16. The van der Waals surface area contributed by atoms with Crippen molar-refractivity contribution in [2.24, 2.45) is 0 Å². The van der Waals surface area contributed by atoms with Crippen LogP contribution in [0.25, 0.3) is 0 Å². The smallest absolute Gasteiger partial charge is 0.220 e. The number of hydrogen-bond donors (Lipinski definition) is 3. The van der Waals surface area contributed by atoms with Crippen molar-refractivity contribution in [3.63, 3.8) is 0 Å². The van der Waals surface area contributed by atoms with Gasteiger partial charge in [-0.15, -0.1) is 11.3 Å². The highest BCUT2D eigenvalue weighted by molar-refractivity contribution is 7.80. The maximum absolute atomic E-state index is 12.0. The SMILES string of the molecule is O=C(CCCNC(=S)NCc1cccs1)NCCCOc1cccc(CN2CCCCC2)c1. The summed E-state index contributed by atoms with van der Waals surface area (Å²) in [4.78, 5) is 15.8. The Balaban J connectivity index is 1.18. The molecule has 0 bridgehead atoms. The summed E-state index contributed by atoms with van der Waals surface area (Å²) in [7, 11) is 0. The predicted octanol–water partition coefficient (Wildman–Crippen LogP) is 4.06. The normalized spacial score (nSPS) is 13.9. The van der Waals surface area contributed by atoms with Crippen molar-refractivity contribution in [1.29, 1.82) is 0 Å². The van der Waals surface area contributed by atoms with Crippen LogP contribution >= 0.6 is 23.6 Å². The summed E-state index contributed by atoms with van der Waals surface area (Å²) in [6, 6.07) is 12.5.